The standard InChI is InChI=1S/C15H22N4O/c1-2-5-17-12-15(20)19-10-8-18(9-11-19)13-14-3-6-16-7-4-14/h2-4,6-7,17H,1,5,8-13H2. The third kappa shape index (κ3) is 4.43. The zero-order valence-corrected chi connectivity index (χ0v) is 11.8. The summed E-state index contributed by atoms with van der Waals surface area (Å²) in [6.07, 6.45) is 5.40. The second-order valence-electron chi connectivity index (χ2n) is 4.93. The van der Waals surface area contributed by atoms with Gasteiger partial charge >= 0.3 is 0 Å². The van der Waals surface area contributed by atoms with Crippen molar-refractivity contribution >= 4 is 5.91 Å². The van der Waals surface area contributed by atoms with Crippen molar-refractivity contribution in [3.05, 3.63) is 42.7 Å². The van der Waals surface area contributed by atoms with Gasteiger partial charge in [-0.2, -0.15) is 0 Å². The Morgan fingerprint density at radius 2 is 2.00 bits per heavy atom. The molecule has 1 amide bonds. The minimum Gasteiger partial charge on any atom is -0.339 e. The van der Waals surface area contributed by atoms with Crippen molar-refractivity contribution < 1.29 is 4.79 Å². The molecule has 0 bridgehead atoms. The van der Waals surface area contributed by atoms with Gasteiger partial charge in [-0.1, -0.05) is 6.08 Å². The van der Waals surface area contributed by atoms with Crippen molar-refractivity contribution in [2.24, 2.45) is 0 Å². The molecular weight excluding hydrogens is 252 g/mol. The summed E-state index contributed by atoms with van der Waals surface area (Å²) in [6, 6.07) is 4.08. The first-order valence-corrected chi connectivity index (χ1v) is 7.00. The highest BCUT2D eigenvalue weighted by Gasteiger charge is 2.20. The van der Waals surface area contributed by atoms with Crippen LogP contribution in [0.5, 0.6) is 0 Å². The lowest BCUT2D eigenvalue weighted by atomic mass is 10.2. The van der Waals surface area contributed by atoms with E-state index in [0.717, 1.165) is 32.7 Å². The number of carbonyl (C=O) groups excluding carboxylic acids is 1. The van der Waals surface area contributed by atoms with E-state index in [1.807, 2.05) is 29.4 Å². The number of carbonyl (C=O) groups is 1. The highest BCUT2D eigenvalue weighted by molar-refractivity contribution is 5.78. The lowest BCUT2D eigenvalue weighted by Crippen LogP contribution is -2.50. The van der Waals surface area contributed by atoms with Crippen molar-refractivity contribution in [2.45, 2.75) is 6.54 Å². The summed E-state index contributed by atoms with van der Waals surface area (Å²) in [5.41, 5.74) is 1.27. The molecule has 1 saturated heterocycles. The Balaban J connectivity index is 1.72. The van der Waals surface area contributed by atoms with Crippen LogP contribution in [-0.2, 0) is 11.3 Å². The smallest absolute Gasteiger partial charge is 0.236 e. The molecule has 1 aromatic heterocycles. The second-order valence-corrected chi connectivity index (χ2v) is 4.93. The molecule has 1 aliphatic rings. The van der Waals surface area contributed by atoms with Gasteiger partial charge in [0.2, 0.25) is 5.91 Å². The Kier molecular flexibility index (Phi) is 5.70. The van der Waals surface area contributed by atoms with Crippen LogP contribution in [0.25, 0.3) is 0 Å². The van der Waals surface area contributed by atoms with Crippen LogP contribution in [0.4, 0.5) is 0 Å². The Morgan fingerprint density at radius 1 is 1.30 bits per heavy atom. The fourth-order valence-electron chi connectivity index (χ4n) is 2.29. The molecule has 1 aliphatic heterocycles. The molecule has 0 aliphatic carbocycles. The monoisotopic (exact) mass is 274 g/mol. The van der Waals surface area contributed by atoms with E-state index in [4.69, 9.17) is 0 Å². The maximum atomic E-state index is 11.9. The van der Waals surface area contributed by atoms with E-state index >= 15 is 0 Å². The number of piperazine rings is 1. The third-order valence-corrected chi connectivity index (χ3v) is 3.45. The first-order chi connectivity index (χ1) is 9.79. The maximum Gasteiger partial charge on any atom is 0.236 e. The molecule has 5 nitrogen and oxygen atoms in total. The molecule has 1 fully saturated rings. The quantitative estimate of drug-likeness (QED) is 0.606. The summed E-state index contributed by atoms with van der Waals surface area (Å²) in [6.45, 7) is 9.09. The van der Waals surface area contributed by atoms with Gasteiger partial charge in [0.05, 0.1) is 6.54 Å². The number of aromatic nitrogens is 1. The van der Waals surface area contributed by atoms with Gasteiger partial charge in [-0.3, -0.25) is 14.7 Å². The van der Waals surface area contributed by atoms with Gasteiger partial charge in [0.1, 0.15) is 0 Å². The van der Waals surface area contributed by atoms with Crippen LogP contribution < -0.4 is 5.32 Å². The van der Waals surface area contributed by atoms with Crippen LogP contribution >= 0.6 is 0 Å². The van der Waals surface area contributed by atoms with Crippen molar-refractivity contribution in [2.75, 3.05) is 39.3 Å². The molecular formula is C15H22N4O. The summed E-state index contributed by atoms with van der Waals surface area (Å²) in [5, 5.41) is 3.05. The van der Waals surface area contributed by atoms with Gasteiger partial charge in [0, 0.05) is 51.7 Å². The molecule has 0 radical (unpaired) electrons. The van der Waals surface area contributed by atoms with Crippen molar-refractivity contribution in [3.8, 4) is 0 Å². The molecule has 1 N–H and O–H groups in total. The highest BCUT2D eigenvalue weighted by atomic mass is 16.2. The molecule has 0 spiro atoms. The first-order valence-electron chi connectivity index (χ1n) is 7.00. The molecule has 0 atom stereocenters. The first kappa shape index (κ1) is 14.7. The predicted molar refractivity (Wildman–Crippen MR) is 79.2 cm³/mol. The fraction of sp³-hybridized carbons (Fsp3) is 0.467. The van der Waals surface area contributed by atoms with Crippen molar-refractivity contribution in [3.63, 3.8) is 0 Å². The van der Waals surface area contributed by atoms with Gasteiger partial charge in [0.25, 0.3) is 0 Å². The van der Waals surface area contributed by atoms with Crippen LogP contribution in [0.3, 0.4) is 0 Å². The topological polar surface area (TPSA) is 48.5 Å². The van der Waals surface area contributed by atoms with E-state index in [9.17, 15) is 4.79 Å². The van der Waals surface area contributed by atoms with Gasteiger partial charge < -0.3 is 10.2 Å². The van der Waals surface area contributed by atoms with Crippen LogP contribution in [0, 0.1) is 0 Å². The fourth-order valence-corrected chi connectivity index (χ4v) is 2.29. The van der Waals surface area contributed by atoms with Crippen LogP contribution in [0.1, 0.15) is 5.56 Å². The summed E-state index contributed by atoms with van der Waals surface area (Å²) in [5.74, 6) is 0.176. The molecule has 20 heavy (non-hydrogen) atoms. The number of amides is 1. The minimum atomic E-state index is 0.176. The summed E-state index contributed by atoms with van der Waals surface area (Å²) in [4.78, 5) is 20.3. The van der Waals surface area contributed by atoms with Gasteiger partial charge in [0.15, 0.2) is 0 Å². The van der Waals surface area contributed by atoms with E-state index in [0.29, 0.717) is 13.1 Å². The highest BCUT2D eigenvalue weighted by Crippen LogP contribution is 2.07. The summed E-state index contributed by atoms with van der Waals surface area (Å²) in [7, 11) is 0. The van der Waals surface area contributed by atoms with Gasteiger partial charge in [-0.05, 0) is 17.7 Å². The molecule has 2 heterocycles. The Morgan fingerprint density at radius 3 is 2.65 bits per heavy atom. The zero-order chi connectivity index (χ0) is 14.2. The normalized spacial score (nSPS) is 16.1. The summed E-state index contributed by atoms with van der Waals surface area (Å²) >= 11 is 0. The Labute approximate surface area is 120 Å². The van der Waals surface area contributed by atoms with Crippen LogP contribution in [-0.4, -0.2) is 60.0 Å². The number of pyridine rings is 1. The average molecular weight is 274 g/mol. The third-order valence-electron chi connectivity index (χ3n) is 3.45. The van der Waals surface area contributed by atoms with Crippen molar-refractivity contribution in [1.29, 1.82) is 0 Å². The van der Waals surface area contributed by atoms with Crippen molar-refractivity contribution in [1.82, 2.24) is 20.1 Å². The van der Waals surface area contributed by atoms with E-state index in [2.05, 4.69) is 21.8 Å². The van der Waals surface area contributed by atoms with E-state index in [1.54, 1.807) is 6.08 Å². The van der Waals surface area contributed by atoms with E-state index < -0.39 is 0 Å². The van der Waals surface area contributed by atoms with E-state index in [1.165, 1.54) is 5.56 Å². The zero-order valence-electron chi connectivity index (χ0n) is 11.8. The minimum absolute atomic E-state index is 0.176. The Hall–Kier alpha value is -1.72. The number of nitrogens with zero attached hydrogens (tertiary/aromatic N) is 3. The average Bonchev–Trinajstić information content (AvgIpc) is 2.49. The van der Waals surface area contributed by atoms with Crippen LogP contribution in [0.15, 0.2) is 37.2 Å². The summed E-state index contributed by atoms with van der Waals surface area (Å²) < 4.78 is 0. The second kappa shape index (κ2) is 7.77. The molecule has 2 rings (SSSR count). The van der Waals surface area contributed by atoms with Crippen LogP contribution in [0.2, 0.25) is 0 Å². The van der Waals surface area contributed by atoms with Gasteiger partial charge in [-0.25, -0.2) is 0 Å². The molecule has 5 heteroatoms. The molecule has 0 aromatic carbocycles. The molecule has 0 unspecified atom stereocenters. The van der Waals surface area contributed by atoms with Gasteiger partial charge in [-0.15, -0.1) is 6.58 Å². The number of hydrogen-bond donors (Lipinski definition) is 1. The van der Waals surface area contributed by atoms with E-state index in [-0.39, 0.29) is 5.91 Å². The number of nitrogens with one attached hydrogen (secondary N) is 1. The Bertz CT molecular complexity index is 427. The largest absolute Gasteiger partial charge is 0.339 e. The lowest BCUT2D eigenvalue weighted by molar-refractivity contribution is -0.132. The molecule has 0 saturated carbocycles. The lowest BCUT2D eigenvalue weighted by Gasteiger charge is -2.34. The molecule has 108 valence electrons. The predicted octanol–water partition coefficient (Wildman–Crippen LogP) is 0.501. The molecule has 1 aromatic rings. The SMILES string of the molecule is C=CCNCC(=O)N1CCN(Cc2ccncc2)CC1. The number of rotatable bonds is 6. The maximum absolute atomic E-state index is 11.9. The number of hydrogen-bond acceptors (Lipinski definition) is 4.